The summed E-state index contributed by atoms with van der Waals surface area (Å²) >= 11 is 4.87. The Balaban J connectivity index is 1.77. The summed E-state index contributed by atoms with van der Waals surface area (Å²) in [5, 5.41) is 6.28. The van der Waals surface area contributed by atoms with Gasteiger partial charge in [-0.3, -0.25) is 4.79 Å². The minimum Gasteiger partial charge on any atom is -0.389 e. The lowest BCUT2D eigenvalue weighted by Gasteiger charge is -2.04. The van der Waals surface area contributed by atoms with E-state index >= 15 is 0 Å². The van der Waals surface area contributed by atoms with E-state index in [4.69, 9.17) is 22.5 Å². The topological polar surface area (TPSA) is 94.0 Å². The smallest absolute Gasteiger partial charge is 0.228 e. The molecule has 20 heavy (non-hydrogen) atoms. The molecule has 0 radical (unpaired) electrons. The Morgan fingerprint density at radius 1 is 1.35 bits per heavy atom. The van der Waals surface area contributed by atoms with Crippen LogP contribution in [0.2, 0.25) is 0 Å². The van der Waals surface area contributed by atoms with Gasteiger partial charge in [-0.05, 0) is 5.56 Å². The molecule has 1 amide bonds. The van der Waals surface area contributed by atoms with Gasteiger partial charge in [0.05, 0.1) is 6.42 Å². The minimum absolute atomic E-state index is 0.0624. The fourth-order valence-corrected chi connectivity index (χ4v) is 1.79. The lowest BCUT2D eigenvalue weighted by atomic mass is 10.1. The van der Waals surface area contributed by atoms with E-state index in [1.54, 1.807) is 0 Å². The van der Waals surface area contributed by atoms with Crippen LogP contribution in [0, 0.1) is 0 Å². The fraction of sp³-hybridized carbons (Fsp3) is 0.231. The molecular weight excluding hydrogens is 276 g/mol. The molecule has 0 atom stereocenters. The summed E-state index contributed by atoms with van der Waals surface area (Å²) in [6.45, 7) is 0.464. The minimum atomic E-state index is -0.0624. The molecule has 2 rings (SSSR count). The number of nitrogens with zero attached hydrogens (tertiary/aromatic N) is 2. The number of carbonyl (C=O) groups excluding carboxylic acids is 1. The van der Waals surface area contributed by atoms with E-state index in [-0.39, 0.29) is 5.91 Å². The average molecular weight is 290 g/mol. The van der Waals surface area contributed by atoms with Crippen LogP contribution in [-0.4, -0.2) is 27.6 Å². The quantitative estimate of drug-likeness (QED) is 0.757. The van der Waals surface area contributed by atoms with Crippen molar-refractivity contribution in [1.29, 1.82) is 0 Å². The Kier molecular flexibility index (Phi) is 4.78. The third-order valence-electron chi connectivity index (χ3n) is 2.67. The van der Waals surface area contributed by atoms with Crippen molar-refractivity contribution in [2.75, 3.05) is 6.54 Å². The van der Waals surface area contributed by atoms with Crippen LogP contribution in [0.25, 0.3) is 0 Å². The zero-order chi connectivity index (χ0) is 14.4. The van der Waals surface area contributed by atoms with E-state index in [0.29, 0.717) is 30.3 Å². The van der Waals surface area contributed by atoms with Gasteiger partial charge in [0.15, 0.2) is 6.33 Å². The van der Waals surface area contributed by atoms with Gasteiger partial charge in [-0.25, -0.2) is 0 Å². The molecular formula is C13H14N4O2S. The van der Waals surface area contributed by atoms with E-state index in [2.05, 4.69) is 15.5 Å². The van der Waals surface area contributed by atoms with Crippen LogP contribution in [-0.2, 0) is 17.6 Å². The van der Waals surface area contributed by atoms with Crippen molar-refractivity contribution < 1.29 is 9.32 Å². The molecule has 104 valence electrons. The first-order valence-corrected chi connectivity index (χ1v) is 6.47. The number of rotatable bonds is 6. The molecule has 7 heteroatoms. The number of thiocarbonyl (C=S) groups is 1. The van der Waals surface area contributed by atoms with Crippen molar-refractivity contribution in [3.63, 3.8) is 0 Å². The largest absolute Gasteiger partial charge is 0.389 e. The molecule has 0 aliphatic carbocycles. The summed E-state index contributed by atoms with van der Waals surface area (Å²) in [6, 6.07) is 7.30. The first-order valence-electron chi connectivity index (χ1n) is 6.06. The van der Waals surface area contributed by atoms with E-state index in [9.17, 15) is 4.79 Å². The van der Waals surface area contributed by atoms with Crippen LogP contribution < -0.4 is 11.1 Å². The predicted octanol–water partition coefficient (Wildman–Crippen LogP) is 0.605. The summed E-state index contributed by atoms with van der Waals surface area (Å²) in [6.07, 6.45) is 2.16. The van der Waals surface area contributed by atoms with Gasteiger partial charge in [0.2, 0.25) is 11.8 Å². The number of aromatic nitrogens is 2. The van der Waals surface area contributed by atoms with E-state index in [0.717, 1.165) is 11.1 Å². The SMILES string of the molecule is NC(=S)c1ccc(CC(=O)NCCc2ncno2)cc1. The monoisotopic (exact) mass is 290 g/mol. The molecule has 0 saturated carbocycles. The van der Waals surface area contributed by atoms with Crippen molar-refractivity contribution in [3.8, 4) is 0 Å². The highest BCUT2D eigenvalue weighted by Gasteiger charge is 2.05. The summed E-state index contributed by atoms with van der Waals surface area (Å²) in [5.41, 5.74) is 7.20. The maximum Gasteiger partial charge on any atom is 0.228 e. The molecule has 3 N–H and O–H groups in total. The number of hydrogen-bond donors (Lipinski definition) is 2. The second-order valence-corrected chi connectivity index (χ2v) is 4.61. The molecule has 1 aromatic carbocycles. The first-order chi connectivity index (χ1) is 9.65. The normalized spacial score (nSPS) is 10.2. The number of amides is 1. The van der Waals surface area contributed by atoms with Crippen LogP contribution in [0.15, 0.2) is 35.1 Å². The second-order valence-electron chi connectivity index (χ2n) is 4.17. The molecule has 0 saturated heterocycles. The zero-order valence-corrected chi connectivity index (χ0v) is 11.5. The summed E-state index contributed by atoms with van der Waals surface area (Å²) in [5.74, 6) is 0.443. The Labute approximate surface area is 121 Å². The van der Waals surface area contributed by atoms with Crippen LogP contribution in [0.4, 0.5) is 0 Å². The van der Waals surface area contributed by atoms with Gasteiger partial charge in [-0.1, -0.05) is 41.6 Å². The second kappa shape index (κ2) is 6.76. The third-order valence-corrected chi connectivity index (χ3v) is 2.91. The highest BCUT2D eigenvalue weighted by Crippen LogP contribution is 2.05. The molecule has 0 unspecified atom stereocenters. The summed E-state index contributed by atoms with van der Waals surface area (Å²) in [7, 11) is 0. The van der Waals surface area contributed by atoms with Gasteiger partial charge in [-0.2, -0.15) is 4.98 Å². The lowest BCUT2D eigenvalue weighted by molar-refractivity contribution is -0.120. The van der Waals surface area contributed by atoms with Crippen LogP contribution >= 0.6 is 12.2 Å². The van der Waals surface area contributed by atoms with Crippen LogP contribution in [0.3, 0.4) is 0 Å². The Morgan fingerprint density at radius 2 is 2.10 bits per heavy atom. The Morgan fingerprint density at radius 3 is 2.70 bits per heavy atom. The van der Waals surface area contributed by atoms with Gasteiger partial charge < -0.3 is 15.6 Å². The van der Waals surface area contributed by atoms with E-state index in [1.165, 1.54) is 6.33 Å². The maximum absolute atomic E-state index is 11.7. The Bertz CT molecular complexity index is 581. The number of hydrogen-bond acceptors (Lipinski definition) is 5. The van der Waals surface area contributed by atoms with E-state index in [1.807, 2.05) is 24.3 Å². The highest BCUT2D eigenvalue weighted by atomic mass is 32.1. The average Bonchev–Trinajstić information content (AvgIpc) is 2.92. The molecule has 0 aliphatic heterocycles. The zero-order valence-electron chi connectivity index (χ0n) is 10.7. The van der Waals surface area contributed by atoms with Gasteiger partial charge in [0.1, 0.15) is 4.99 Å². The maximum atomic E-state index is 11.7. The number of nitrogens with one attached hydrogen (secondary N) is 1. The van der Waals surface area contributed by atoms with Gasteiger partial charge in [-0.15, -0.1) is 0 Å². The molecule has 6 nitrogen and oxygen atoms in total. The predicted molar refractivity (Wildman–Crippen MR) is 77.0 cm³/mol. The van der Waals surface area contributed by atoms with Crippen molar-refractivity contribution >= 4 is 23.1 Å². The summed E-state index contributed by atoms with van der Waals surface area (Å²) in [4.78, 5) is 15.9. The lowest BCUT2D eigenvalue weighted by Crippen LogP contribution is -2.27. The number of nitrogens with two attached hydrogens (primary N) is 1. The van der Waals surface area contributed by atoms with Crippen molar-refractivity contribution in [3.05, 3.63) is 47.6 Å². The molecule has 0 spiro atoms. The fourth-order valence-electron chi connectivity index (χ4n) is 1.65. The standard InChI is InChI=1S/C13H14N4O2S/c14-13(20)10-3-1-9(2-4-10)7-11(18)15-6-5-12-16-8-17-19-12/h1-4,8H,5-7H2,(H2,14,20)(H,15,18). The molecule has 0 aliphatic rings. The number of benzene rings is 1. The van der Waals surface area contributed by atoms with Gasteiger partial charge in [0, 0.05) is 18.5 Å². The molecule has 1 aromatic heterocycles. The van der Waals surface area contributed by atoms with Gasteiger partial charge in [0.25, 0.3) is 0 Å². The summed E-state index contributed by atoms with van der Waals surface area (Å²) < 4.78 is 4.83. The van der Waals surface area contributed by atoms with Crippen LogP contribution in [0.1, 0.15) is 17.0 Å². The van der Waals surface area contributed by atoms with Crippen molar-refractivity contribution in [1.82, 2.24) is 15.5 Å². The highest BCUT2D eigenvalue weighted by molar-refractivity contribution is 7.80. The molecule has 1 heterocycles. The van der Waals surface area contributed by atoms with E-state index < -0.39 is 0 Å². The van der Waals surface area contributed by atoms with Crippen molar-refractivity contribution in [2.24, 2.45) is 5.73 Å². The van der Waals surface area contributed by atoms with Crippen molar-refractivity contribution in [2.45, 2.75) is 12.8 Å². The Hall–Kier alpha value is -2.28. The molecule has 0 bridgehead atoms. The first kappa shape index (κ1) is 14.1. The van der Waals surface area contributed by atoms with Crippen LogP contribution in [0.5, 0.6) is 0 Å². The van der Waals surface area contributed by atoms with Gasteiger partial charge >= 0.3 is 0 Å². The third kappa shape index (κ3) is 4.13. The molecule has 0 fully saturated rings. The molecule has 2 aromatic rings. The number of carbonyl (C=O) groups is 1.